The molecule has 0 aromatic heterocycles. The summed E-state index contributed by atoms with van der Waals surface area (Å²) in [4.78, 5) is 11.6. The minimum absolute atomic E-state index is 0.0150. The Kier molecular flexibility index (Phi) is 6.60. The largest absolute Gasteiger partial charge is 0.396 e. The molecule has 0 fully saturated rings. The molecular weight excluding hydrogens is 204 g/mol. The van der Waals surface area contributed by atoms with Crippen molar-refractivity contribution >= 4 is 5.91 Å². The normalized spacial score (nSPS) is 13.9. The van der Waals surface area contributed by atoms with Crippen LogP contribution in [0.2, 0.25) is 0 Å². The van der Waals surface area contributed by atoms with E-state index < -0.39 is 0 Å². The molecule has 0 radical (unpaired) electrons. The topological polar surface area (TPSA) is 61.4 Å². The lowest BCUT2D eigenvalue weighted by molar-refractivity contribution is -0.123. The molecule has 1 amide bonds. The number of nitrogens with one attached hydrogen (secondary N) is 2. The fourth-order valence-corrected chi connectivity index (χ4v) is 1.32. The van der Waals surface area contributed by atoms with Crippen molar-refractivity contribution < 1.29 is 9.90 Å². The van der Waals surface area contributed by atoms with Gasteiger partial charge in [0.15, 0.2) is 0 Å². The highest BCUT2D eigenvalue weighted by molar-refractivity contribution is 5.81. The van der Waals surface area contributed by atoms with E-state index in [9.17, 15) is 4.79 Å². The number of aliphatic hydroxyl groups is 1. The first kappa shape index (κ1) is 15.4. The van der Waals surface area contributed by atoms with Crippen molar-refractivity contribution in [2.24, 2.45) is 5.41 Å². The van der Waals surface area contributed by atoms with Crippen LogP contribution in [0.5, 0.6) is 0 Å². The predicted octanol–water partition coefficient (Wildman–Crippen LogP) is 0.898. The maximum absolute atomic E-state index is 11.6. The Morgan fingerprint density at radius 1 is 1.31 bits per heavy atom. The van der Waals surface area contributed by atoms with Gasteiger partial charge in [-0.15, -0.1) is 0 Å². The molecule has 0 rings (SSSR count). The number of amides is 1. The van der Waals surface area contributed by atoms with Crippen LogP contribution < -0.4 is 10.6 Å². The summed E-state index contributed by atoms with van der Waals surface area (Å²) in [5.41, 5.74) is 0.0150. The van der Waals surface area contributed by atoms with Crippen LogP contribution in [0, 0.1) is 5.41 Å². The minimum Gasteiger partial charge on any atom is -0.396 e. The summed E-state index contributed by atoms with van der Waals surface area (Å²) in [6.45, 7) is 10.8. The Hall–Kier alpha value is -0.610. The van der Waals surface area contributed by atoms with E-state index in [1.165, 1.54) is 0 Å². The molecule has 0 aliphatic heterocycles. The first-order chi connectivity index (χ1) is 7.28. The van der Waals surface area contributed by atoms with Gasteiger partial charge in [0.05, 0.1) is 6.04 Å². The smallest absolute Gasteiger partial charge is 0.237 e. The summed E-state index contributed by atoms with van der Waals surface area (Å²) in [5.74, 6) is 0.0230. The molecule has 1 atom stereocenters. The summed E-state index contributed by atoms with van der Waals surface area (Å²) in [7, 11) is 0. The Morgan fingerprint density at radius 3 is 2.31 bits per heavy atom. The third-order valence-electron chi connectivity index (χ3n) is 2.50. The van der Waals surface area contributed by atoms with Crippen LogP contribution in [-0.4, -0.2) is 36.2 Å². The summed E-state index contributed by atoms with van der Waals surface area (Å²) >= 11 is 0. The zero-order chi connectivity index (χ0) is 12.8. The van der Waals surface area contributed by atoms with Gasteiger partial charge in [-0.1, -0.05) is 13.8 Å². The third kappa shape index (κ3) is 6.80. The van der Waals surface area contributed by atoms with Gasteiger partial charge in [0.1, 0.15) is 0 Å². The quantitative estimate of drug-likeness (QED) is 0.609. The number of carbonyl (C=O) groups is 1. The number of hydrogen-bond donors (Lipinski definition) is 3. The average molecular weight is 230 g/mol. The van der Waals surface area contributed by atoms with Crippen molar-refractivity contribution in [2.45, 2.75) is 53.1 Å². The molecule has 1 unspecified atom stereocenters. The molecule has 0 aromatic rings. The molecule has 0 bridgehead atoms. The van der Waals surface area contributed by atoms with Crippen LogP contribution in [0.4, 0.5) is 0 Å². The van der Waals surface area contributed by atoms with Gasteiger partial charge in [-0.05, 0) is 32.6 Å². The molecule has 0 heterocycles. The lowest BCUT2D eigenvalue weighted by Gasteiger charge is -2.26. The predicted molar refractivity (Wildman–Crippen MR) is 66.2 cm³/mol. The highest BCUT2D eigenvalue weighted by atomic mass is 16.3. The fourth-order valence-electron chi connectivity index (χ4n) is 1.32. The van der Waals surface area contributed by atoms with E-state index in [1.807, 2.05) is 20.8 Å². The Morgan fingerprint density at radius 2 is 1.88 bits per heavy atom. The summed E-state index contributed by atoms with van der Waals surface area (Å²) < 4.78 is 0. The van der Waals surface area contributed by atoms with E-state index in [2.05, 4.69) is 24.5 Å². The summed E-state index contributed by atoms with van der Waals surface area (Å²) in [6.07, 6.45) is 0.735. The molecule has 0 aromatic carbocycles. The number of aliphatic hydroxyl groups excluding tert-OH is 1. The van der Waals surface area contributed by atoms with E-state index in [-0.39, 0.29) is 30.0 Å². The number of rotatable bonds is 7. The Labute approximate surface area is 98.8 Å². The standard InChI is InChI=1S/C12H26N2O2/c1-9(2)14-11(16)10(3)13-8-12(4,5)6-7-15/h9-10,13,15H,6-8H2,1-5H3,(H,14,16). The molecular formula is C12H26N2O2. The monoisotopic (exact) mass is 230 g/mol. The third-order valence-corrected chi connectivity index (χ3v) is 2.50. The first-order valence-electron chi connectivity index (χ1n) is 5.93. The maximum Gasteiger partial charge on any atom is 0.237 e. The highest BCUT2D eigenvalue weighted by Crippen LogP contribution is 2.18. The van der Waals surface area contributed by atoms with Crippen molar-refractivity contribution in [3.05, 3.63) is 0 Å². The lowest BCUT2D eigenvalue weighted by atomic mass is 9.89. The van der Waals surface area contributed by atoms with E-state index in [0.717, 1.165) is 13.0 Å². The van der Waals surface area contributed by atoms with Crippen molar-refractivity contribution in [1.82, 2.24) is 10.6 Å². The second kappa shape index (κ2) is 6.86. The summed E-state index contributed by atoms with van der Waals surface area (Å²) in [5, 5.41) is 14.9. The molecule has 4 heteroatoms. The van der Waals surface area contributed by atoms with Crippen LogP contribution >= 0.6 is 0 Å². The molecule has 0 saturated carbocycles. The Balaban J connectivity index is 3.96. The van der Waals surface area contributed by atoms with Gasteiger partial charge in [0.25, 0.3) is 0 Å². The van der Waals surface area contributed by atoms with E-state index in [0.29, 0.717) is 0 Å². The maximum atomic E-state index is 11.6. The molecule has 3 N–H and O–H groups in total. The van der Waals surface area contributed by atoms with Crippen molar-refractivity contribution in [3.63, 3.8) is 0 Å². The SMILES string of the molecule is CC(C)NC(=O)C(C)NCC(C)(C)CCO. The molecule has 16 heavy (non-hydrogen) atoms. The number of carbonyl (C=O) groups excluding carboxylic acids is 1. The van der Waals surface area contributed by atoms with Gasteiger partial charge >= 0.3 is 0 Å². The van der Waals surface area contributed by atoms with E-state index >= 15 is 0 Å². The average Bonchev–Trinajstić information content (AvgIpc) is 2.13. The van der Waals surface area contributed by atoms with Gasteiger partial charge in [0, 0.05) is 19.2 Å². The van der Waals surface area contributed by atoms with Gasteiger partial charge < -0.3 is 15.7 Å². The zero-order valence-electron chi connectivity index (χ0n) is 11.1. The van der Waals surface area contributed by atoms with Gasteiger partial charge in [0.2, 0.25) is 5.91 Å². The second-order valence-corrected chi connectivity index (χ2v) is 5.40. The van der Waals surface area contributed by atoms with Crippen LogP contribution in [0.1, 0.15) is 41.0 Å². The second-order valence-electron chi connectivity index (χ2n) is 5.40. The fraction of sp³-hybridized carbons (Fsp3) is 0.917. The first-order valence-corrected chi connectivity index (χ1v) is 5.93. The van der Waals surface area contributed by atoms with E-state index in [1.54, 1.807) is 0 Å². The molecule has 96 valence electrons. The van der Waals surface area contributed by atoms with Crippen molar-refractivity contribution in [3.8, 4) is 0 Å². The summed E-state index contributed by atoms with van der Waals surface area (Å²) in [6, 6.07) is -0.0254. The van der Waals surface area contributed by atoms with E-state index in [4.69, 9.17) is 5.11 Å². The molecule has 0 aliphatic carbocycles. The van der Waals surface area contributed by atoms with Crippen LogP contribution in [0.25, 0.3) is 0 Å². The van der Waals surface area contributed by atoms with Crippen LogP contribution in [0.3, 0.4) is 0 Å². The van der Waals surface area contributed by atoms with Crippen LogP contribution in [-0.2, 0) is 4.79 Å². The lowest BCUT2D eigenvalue weighted by Crippen LogP contribution is -2.47. The van der Waals surface area contributed by atoms with Crippen LogP contribution in [0.15, 0.2) is 0 Å². The molecule has 0 saturated heterocycles. The highest BCUT2D eigenvalue weighted by Gasteiger charge is 2.20. The van der Waals surface area contributed by atoms with Crippen molar-refractivity contribution in [1.29, 1.82) is 0 Å². The van der Waals surface area contributed by atoms with Gasteiger partial charge in [-0.3, -0.25) is 4.79 Å². The minimum atomic E-state index is -0.194. The molecule has 0 spiro atoms. The molecule has 4 nitrogen and oxygen atoms in total. The van der Waals surface area contributed by atoms with Gasteiger partial charge in [-0.25, -0.2) is 0 Å². The van der Waals surface area contributed by atoms with Crippen molar-refractivity contribution in [2.75, 3.05) is 13.2 Å². The Bertz CT molecular complexity index is 215. The number of hydrogen-bond acceptors (Lipinski definition) is 3. The molecule has 0 aliphatic rings. The van der Waals surface area contributed by atoms with Gasteiger partial charge in [-0.2, -0.15) is 0 Å². The zero-order valence-corrected chi connectivity index (χ0v) is 11.1.